The Labute approximate surface area is 117 Å². The Morgan fingerprint density at radius 2 is 1.89 bits per heavy atom. The normalized spacial score (nSPS) is 35.8. The van der Waals surface area contributed by atoms with E-state index in [1.54, 1.807) is 0 Å². The molecule has 112 valence electrons. The molecule has 0 aromatic carbocycles. The molecule has 19 heavy (non-hydrogen) atoms. The zero-order valence-corrected chi connectivity index (χ0v) is 12.7. The number of nitrogens with zero attached hydrogens (tertiary/aromatic N) is 1. The van der Waals surface area contributed by atoms with Crippen LogP contribution in [-0.2, 0) is 9.47 Å². The lowest BCUT2D eigenvalue weighted by Crippen LogP contribution is -2.59. The topological polar surface area (TPSA) is 47.7 Å². The molecule has 2 unspecified atom stereocenters. The van der Waals surface area contributed by atoms with Gasteiger partial charge in [-0.2, -0.15) is 0 Å². The van der Waals surface area contributed by atoms with Gasteiger partial charge in [0.15, 0.2) is 0 Å². The van der Waals surface area contributed by atoms with Crippen LogP contribution in [0.1, 0.15) is 39.5 Å². The molecule has 2 fully saturated rings. The van der Waals surface area contributed by atoms with E-state index in [1.807, 2.05) is 0 Å². The van der Waals surface area contributed by atoms with Gasteiger partial charge in [0.2, 0.25) is 0 Å². The van der Waals surface area contributed by atoms with E-state index in [0.717, 1.165) is 38.5 Å². The maximum atomic E-state index is 6.09. The maximum Gasteiger partial charge on any atom is 0.0593 e. The fourth-order valence-electron chi connectivity index (χ4n) is 3.25. The summed E-state index contributed by atoms with van der Waals surface area (Å²) in [5.41, 5.74) is 6.17. The second-order valence-corrected chi connectivity index (χ2v) is 6.53. The first-order chi connectivity index (χ1) is 9.05. The molecule has 0 bridgehead atoms. The molecular weight excluding hydrogens is 240 g/mol. The second-order valence-electron chi connectivity index (χ2n) is 6.53. The van der Waals surface area contributed by atoms with Crippen LogP contribution in [-0.4, -0.2) is 56.0 Å². The average molecular weight is 270 g/mol. The minimum absolute atomic E-state index is 0.0834. The van der Waals surface area contributed by atoms with E-state index in [2.05, 4.69) is 25.8 Å². The van der Waals surface area contributed by atoms with E-state index in [-0.39, 0.29) is 5.54 Å². The SMILES string of the molecule is CC1CC(CN)(N(C)CCOCC2CC2)CC(C)O1. The van der Waals surface area contributed by atoms with Crippen LogP contribution < -0.4 is 5.73 Å². The molecule has 2 rings (SSSR count). The highest BCUT2D eigenvalue weighted by Crippen LogP contribution is 2.32. The highest BCUT2D eigenvalue weighted by atomic mass is 16.5. The molecule has 0 amide bonds. The van der Waals surface area contributed by atoms with Crippen molar-refractivity contribution in [3.63, 3.8) is 0 Å². The molecular formula is C15H30N2O2. The summed E-state index contributed by atoms with van der Waals surface area (Å²) >= 11 is 0. The zero-order chi connectivity index (χ0) is 13.9. The Morgan fingerprint density at radius 1 is 1.26 bits per heavy atom. The zero-order valence-electron chi connectivity index (χ0n) is 12.7. The van der Waals surface area contributed by atoms with Crippen LogP contribution in [0.3, 0.4) is 0 Å². The highest BCUT2D eigenvalue weighted by molar-refractivity contribution is 4.96. The van der Waals surface area contributed by atoms with Crippen molar-refractivity contribution in [1.82, 2.24) is 4.90 Å². The van der Waals surface area contributed by atoms with Crippen LogP contribution in [0.5, 0.6) is 0 Å². The van der Waals surface area contributed by atoms with Crippen LogP contribution in [0.15, 0.2) is 0 Å². The minimum atomic E-state index is 0.0834. The van der Waals surface area contributed by atoms with Crippen molar-refractivity contribution >= 4 is 0 Å². The standard InChI is InChI=1S/C15H30N2O2/c1-12-8-15(11-16,9-13(2)19-12)17(3)6-7-18-10-14-4-5-14/h12-14H,4-11,16H2,1-3H3. The number of rotatable bonds is 7. The van der Waals surface area contributed by atoms with Gasteiger partial charge in [-0.1, -0.05) is 0 Å². The number of ether oxygens (including phenoxy) is 2. The Hall–Kier alpha value is -0.160. The highest BCUT2D eigenvalue weighted by Gasteiger charge is 2.40. The van der Waals surface area contributed by atoms with Gasteiger partial charge in [0, 0.05) is 25.2 Å². The summed E-state index contributed by atoms with van der Waals surface area (Å²) in [6.07, 6.45) is 5.34. The molecule has 1 saturated carbocycles. The van der Waals surface area contributed by atoms with Crippen molar-refractivity contribution < 1.29 is 9.47 Å². The van der Waals surface area contributed by atoms with Gasteiger partial charge in [-0.25, -0.2) is 0 Å². The maximum absolute atomic E-state index is 6.09. The van der Waals surface area contributed by atoms with E-state index >= 15 is 0 Å². The molecule has 0 spiro atoms. The fourth-order valence-corrected chi connectivity index (χ4v) is 3.25. The number of likely N-dealkylation sites (N-methyl/N-ethyl adjacent to an activating group) is 1. The third-order valence-electron chi connectivity index (χ3n) is 4.61. The lowest BCUT2D eigenvalue weighted by atomic mass is 9.83. The molecule has 0 aromatic heterocycles. The molecule has 0 radical (unpaired) electrons. The lowest BCUT2D eigenvalue weighted by molar-refractivity contribution is -0.101. The minimum Gasteiger partial charge on any atom is -0.380 e. The molecule has 1 saturated heterocycles. The van der Waals surface area contributed by atoms with E-state index in [4.69, 9.17) is 15.2 Å². The second kappa shape index (κ2) is 6.53. The predicted molar refractivity (Wildman–Crippen MR) is 77.2 cm³/mol. The Bertz CT molecular complexity index is 271. The summed E-state index contributed by atoms with van der Waals surface area (Å²) in [5, 5.41) is 0. The summed E-state index contributed by atoms with van der Waals surface area (Å²) in [4.78, 5) is 2.40. The van der Waals surface area contributed by atoms with Gasteiger partial charge >= 0.3 is 0 Å². The quantitative estimate of drug-likeness (QED) is 0.714. The van der Waals surface area contributed by atoms with Crippen molar-refractivity contribution in [3.05, 3.63) is 0 Å². The fraction of sp³-hybridized carbons (Fsp3) is 1.00. The van der Waals surface area contributed by atoms with E-state index in [9.17, 15) is 0 Å². The first kappa shape index (κ1) is 15.2. The van der Waals surface area contributed by atoms with E-state index < -0.39 is 0 Å². The Morgan fingerprint density at radius 3 is 2.42 bits per heavy atom. The first-order valence-corrected chi connectivity index (χ1v) is 7.70. The largest absolute Gasteiger partial charge is 0.380 e. The van der Waals surface area contributed by atoms with Gasteiger partial charge in [-0.15, -0.1) is 0 Å². The number of hydrogen-bond donors (Lipinski definition) is 1. The predicted octanol–water partition coefficient (Wildman–Crippen LogP) is 1.63. The van der Waals surface area contributed by atoms with Crippen molar-refractivity contribution in [2.45, 2.75) is 57.3 Å². The average Bonchev–Trinajstić information content (AvgIpc) is 3.17. The Kier molecular flexibility index (Phi) is 5.23. The third-order valence-corrected chi connectivity index (χ3v) is 4.61. The first-order valence-electron chi connectivity index (χ1n) is 7.70. The smallest absolute Gasteiger partial charge is 0.0593 e. The molecule has 4 nitrogen and oxygen atoms in total. The molecule has 1 aliphatic carbocycles. The van der Waals surface area contributed by atoms with Crippen LogP contribution in [0.25, 0.3) is 0 Å². The summed E-state index contributed by atoms with van der Waals surface area (Å²) in [5.74, 6) is 0.844. The summed E-state index contributed by atoms with van der Waals surface area (Å²) in [6.45, 7) is 7.72. The van der Waals surface area contributed by atoms with Crippen molar-refractivity contribution in [1.29, 1.82) is 0 Å². The van der Waals surface area contributed by atoms with Gasteiger partial charge < -0.3 is 15.2 Å². The third kappa shape index (κ3) is 4.15. The number of nitrogens with two attached hydrogens (primary N) is 1. The van der Waals surface area contributed by atoms with Gasteiger partial charge in [0.05, 0.1) is 18.8 Å². The molecule has 4 heteroatoms. The van der Waals surface area contributed by atoms with Crippen LogP contribution in [0.4, 0.5) is 0 Å². The van der Waals surface area contributed by atoms with Crippen molar-refractivity contribution in [3.8, 4) is 0 Å². The molecule has 2 atom stereocenters. The molecule has 0 aromatic rings. The molecule has 2 aliphatic rings. The van der Waals surface area contributed by atoms with Crippen LogP contribution in [0, 0.1) is 5.92 Å². The summed E-state index contributed by atoms with van der Waals surface area (Å²) in [7, 11) is 2.18. The van der Waals surface area contributed by atoms with Crippen molar-refractivity contribution in [2.75, 3.05) is 33.4 Å². The van der Waals surface area contributed by atoms with Gasteiger partial charge in [-0.05, 0) is 52.5 Å². The van der Waals surface area contributed by atoms with E-state index in [0.29, 0.717) is 18.8 Å². The van der Waals surface area contributed by atoms with Crippen LogP contribution in [0.2, 0.25) is 0 Å². The molecule has 1 heterocycles. The Balaban J connectivity index is 1.80. The summed E-state index contributed by atoms with van der Waals surface area (Å²) in [6, 6.07) is 0. The lowest BCUT2D eigenvalue weighted by Gasteiger charge is -2.48. The van der Waals surface area contributed by atoms with Gasteiger partial charge in [0.1, 0.15) is 0 Å². The molecule has 2 N–H and O–H groups in total. The van der Waals surface area contributed by atoms with Gasteiger partial charge in [0.25, 0.3) is 0 Å². The van der Waals surface area contributed by atoms with Crippen molar-refractivity contribution in [2.24, 2.45) is 11.7 Å². The summed E-state index contributed by atoms with van der Waals surface area (Å²) < 4.78 is 11.6. The van der Waals surface area contributed by atoms with Crippen LogP contribution >= 0.6 is 0 Å². The molecule has 1 aliphatic heterocycles. The van der Waals surface area contributed by atoms with Gasteiger partial charge in [-0.3, -0.25) is 4.90 Å². The monoisotopic (exact) mass is 270 g/mol. The number of hydrogen-bond acceptors (Lipinski definition) is 4. The van der Waals surface area contributed by atoms with E-state index in [1.165, 1.54) is 12.8 Å².